The number of hydrogen-bond donors (Lipinski definition) is 2. The summed E-state index contributed by atoms with van der Waals surface area (Å²) in [5.74, 6) is 0.942. The molecule has 0 saturated carbocycles. The van der Waals surface area contributed by atoms with E-state index in [0.29, 0.717) is 11.5 Å². The Labute approximate surface area is 139 Å². The predicted molar refractivity (Wildman–Crippen MR) is 96.5 cm³/mol. The Bertz CT molecular complexity index is 632. The molecule has 0 bridgehead atoms. The first-order chi connectivity index (χ1) is 10.5. The normalized spacial score (nSPS) is 12.0. The van der Waals surface area contributed by atoms with Gasteiger partial charge in [-0.1, -0.05) is 45.0 Å². The molecule has 23 heavy (non-hydrogen) atoms. The molecule has 0 spiro atoms. The molecule has 0 aliphatic heterocycles. The van der Waals surface area contributed by atoms with E-state index in [-0.39, 0.29) is 11.3 Å². The SMILES string of the molecule is Cc1cc(C(c2cc(C)c(O)c(C)c2)C(C)(C)C)cc(C)c1O. The Morgan fingerprint density at radius 2 is 0.913 bits per heavy atom. The van der Waals surface area contributed by atoms with E-state index in [0.717, 1.165) is 22.3 Å². The molecule has 2 aromatic rings. The maximum absolute atomic E-state index is 10.1. The van der Waals surface area contributed by atoms with E-state index < -0.39 is 0 Å². The maximum Gasteiger partial charge on any atom is 0.121 e. The van der Waals surface area contributed by atoms with Crippen LogP contribution in [0, 0.1) is 33.1 Å². The fourth-order valence-corrected chi connectivity index (χ4v) is 3.50. The molecule has 0 atom stereocenters. The number of phenolic OH excluding ortho intramolecular Hbond substituents is 2. The lowest BCUT2D eigenvalue weighted by Gasteiger charge is -2.33. The zero-order chi connectivity index (χ0) is 17.5. The summed E-state index contributed by atoms with van der Waals surface area (Å²) in [4.78, 5) is 0. The number of aryl methyl sites for hydroxylation is 4. The van der Waals surface area contributed by atoms with Gasteiger partial charge in [-0.15, -0.1) is 0 Å². The van der Waals surface area contributed by atoms with Crippen molar-refractivity contribution in [3.05, 3.63) is 57.6 Å². The second kappa shape index (κ2) is 5.92. The highest BCUT2D eigenvalue weighted by molar-refractivity contribution is 5.49. The van der Waals surface area contributed by atoms with Crippen LogP contribution in [0.5, 0.6) is 11.5 Å². The summed E-state index contributed by atoms with van der Waals surface area (Å²) >= 11 is 0. The van der Waals surface area contributed by atoms with Crippen LogP contribution in [0.15, 0.2) is 24.3 Å². The third-order valence-electron chi connectivity index (χ3n) is 4.56. The minimum Gasteiger partial charge on any atom is -0.507 e. The zero-order valence-electron chi connectivity index (χ0n) is 15.3. The molecule has 0 radical (unpaired) electrons. The first-order valence-electron chi connectivity index (χ1n) is 8.12. The van der Waals surface area contributed by atoms with Crippen molar-refractivity contribution in [2.24, 2.45) is 5.41 Å². The van der Waals surface area contributed by atoms with Gasteiger partial charge in [0.15, 0.2) is 0 Å². The quantitative estimate of drug-likeness (QED) is 0.767. The van der Waals surface area contributed by atoms with Crippen LogP contribution >= 0.6 is 0 Å². The van der Waals surface area contributed by atoms with Crippen LogP contribution in [-0.2, 0) is 0 Å². The van der Waals surface area contributed by atoms with E-state index in [2.05, 4.69) is 45.0 Å². The molecule has 124 valence electrons. The lowest BCUT2D eigenvalue weighted by molar-refractivity contribution is 0.357. The van der Waals surface area contributed by atoms with E-state index in [1.54, 1.807) is 0 Å². The van der Waals surface area contributed by atoms with Crippen LogP contribution in [0.2, 0.25) is 0 Å². The molecule has 2 rings (SSSR count). The lowest BCUT2D eigenvalue weighted by atomic mass is 9.71. The van der Waals surface area contributed by atoms with Crippen molar-refractivity contribution in [1.29, 1.82) is 0 Å². The fraction of sp³-hybridized carbons (Fsp3) is 0.429. The first-order valence-corrected chi connectivity index (χ1v) is 8.12. The van der Waals surface area contributed by atoms with Crippen molar-refractivity contribution < 1.29 is 10.2 Å². The Kier molecular flexibility index (Phi) is 4.48. The highest BCUT2D eigenvalue weighted by atomic mass is 16.3. The van der Waals surface area contributed by atoms with E-state index in [9.17, 15) is 10.2 Å². The third kappa shape index (κ3) is 3.36. The highest BCUT2D eigenvalue weighted by Crippen LogP contribution is 2.43. The summed E-state index contributed by atoms with van der Waals surface area (Å²) in [6.45, 7) is 14.5. The van der Waals surface area contributed by atoms with Gasteiger partial charge < -0.3 is 10.2 Å². The van der Waals surface area contributed by atoms with Crippen LogP contribution < -0.4 is 0 Å². The van der Waals surface area contributed by atoms with Gasteiger partial charge in [0.2, 0.25) is 0 Å². The minimum atomic E-state index is 0.0195. The molecule has 0 unspecified atom stereocenters. The second-order valence-corrected chi connectivity index (χ2v) is 7.81. The third-order valence-corrected chi connectivity index (χ3v) is 4.56. The molecule has 0 aromatic heterocycles. The van der Waals surface area contributed by atoms with E-state index in [4.69, 9.17) is 0 Å². The molecule has 0 saturated heterocycles. The van der Waals surface area contributed by atoms with Crippen molar-refractivity contribution in [3.8, 4) is 11.5 Å². The van der Waals surface area contributed by atoms with Gasteiger partial charge in [0, 0.05) is 5.92 Å². The summed E-state index contributed by atoms with van der Waals surface area (Å²) in [6, 6.07) is 8.32. The molecule has 2 nitrogen and oxygen atoms in total. The van der Waals surface area contributed by atoms with Crippen molar-refractivity contribution in [2.45, 2.75) is 54.4 Å². The molecule has 2 heteroatoms. The standard InChI is InChI=1S/C21H28O2/c1-12-8-16(9-13(2)19(12)22)18(21(5,6)7)17-10-14(3)20(23)15(4)11-17/h8-11,18,22-23H,1-7H3. The van der Waals surface area contributed by atoms with Gasteiger partial charge in [-0.2, -0.15) is 0 Å². The summed E-state index contributed by atoms with van der Waals surface area (Å²) in [5, 5.41) is 20.2. The highest BCUT2D eigenvalue weighted by Gasteiger charge is 2.29. The van der Waals surface area contributed by atoms with Crippen LogP contribution in [0.3, 0.4) is 0 Å². The van der Waals surface area contributed by atoms with Gasteiger partial charge in [-0.05, 0) is 66.5 Å². The van der Waals surface area contributed by atoms with E-state index in [1.165, 1.54) is 11.1 Å². The summed E-state index contributed by atoms with van der Waals surface area (Å²) in [7, 11) is 0. The number of rotatable bonds is 2. The number of hydrogen-bond acceptors (Lipinski definition) is 2. The Morgan fingerprint density at radius 1 is 0.652 bits per heavy atom. The number of aromatic hydroxyl groups is 2. The van der Waals surface area contributed by atoms with Crippen molar-refractivity contribution >= 4 is 0 Å². The van der Waals surface area contributed by atoms with Gasteiger partial charge in [0.05, 0.1) is 0 Å². The molecule has 0 heterocycles. The summed E-state index contributed by atoms with van der Waals surface area (Å²) in [6.07, 6.45) is 0. The minimum absolute atomic E-state index is 0.0195. The summed E-state index contributed by atoms with van der Waals surface area (Å²) < 4.78 is 0. The molecule has 0 aliphatic carbocycles. The average Bonchev–Trinajstić information content (AvgIpc) is 2.40. The molecular weight excluding hydrogens is 284 g/mol. The topological polar surface area (TPSA) is 40.5 Å². The molecule has 2 N–H and O–H groups in total. The smallest absolute Gasteiger partial charge is 0.121 e. The number of benzene rings is 2. The van der Waals surface area contributed by atoms with Gasteiger partial charge in [0.1, 0.15) is 11.5 Å². The van der Waals surface area contributed by atoms with Crippen molar-refractivity contribution in [2.75, 3.05) is 0 Å². The fourth-order valence-electron chi connectivity index (χ4n) is 3.50. The molecular formula is C21H28O2. The maximum atomic E-state index is 10.1. The molecule has 0 aliphatic rings. The monoisotopic (exact) mass is 312 g/mol. The Morgan fingerprint density at radius 3 is 1.13 bits per heavy atom. The van der Waals surface area contributed by atoms with Crippen LogP contribution in [-0.4, -0.2) is 10.2 Å². The van der Waals surface area contributed by atoms with Crippen LogP contribution in [0.25, 0.3) is 0 Å². The van der Waals surface area contributed by atoms with Gasteiger partial charge in [0.25, 0.3) is 0 Å². The van der Waals surface area contributed by atoms with Crippen molar-refractivity contribution in [1.82, 2.24) is 0 Å². The Hall–Kier alpha value is -1.96. The zero-order valence-corrected chi connectivity index (χ0v) is 15.3. The van der Waals surface area contributed by atoms with E-state index >= 15 is 0 Å². The molecule has 2 aromatic carbocycles. The van der Waals surface area contributed by atoms with Crippen LogP contribution in [0.1, 0.15) is 60.1 Å². The molecule has 0 amide bonds. The largest absolute Gasteiger partial charge is 0.507 e. The van der Waals surface area contributed by atoms with Gasteiger partial charge in [-0.25, -0.2) is 0 Å². The Balaban J connectivity index is 2.69. The predicted octanol–water partition coefficient (Wildman–Crippen LogP) is 5.51. The van der Waals surface area contributed by atoms with Gasteiger partial charge in [-0.3, -0.25) is 0 Å². The lowest BCUT2D eigenvalue weighted by Crippen LogP contribution is -2.20. The first kappa shape index (κ1) is 17.4. The van der Waals surface area contributed by atoms with Crippen LogP contribution in [0.4, 0.5) is 0 Å². The number of phenols is 2. The van der Waals surface area contributed by atoms with E-state index in [1.807, 2.05) is 27.7 Å². The average molecular weight is 312 g/mol. The molecule has 0 fully saturated rings. The summed E-state index contributed by atoms with van der Waals surface area (Å²) in [5.41, 5.74) is 6.04. The second-order valence-electron chi connectivity index (χ2n) is 7.81. The van der Waals surface area contributed by atoms with Crippen molar-refractivity contribution in [3.63, 3.8) is 0 Å². The van der Waals surface area contributed by atoms with Gasteiger partial charge >= 0.3 is 0 Å².